The molecule has 1 aromatic carbocycles. The van der Waals surface area contributed by atoms with E-state index in [0.29, 0.717) is 11.7 Å². The van der Waals surface area contributed by atoms with E-state index in [2.05, 4.69) is 33.1 Å². The Labute approximate surface area is 123 Å². The van der Waals surface area contributed by atoms with Crippen LogP contribution in [0, 0.1) is 5.82 Å². The maximum Gasteiger partial charge on any atom is 0.146 e. The van der Waals surface area contributed by atoms with Crippen molar-refractivity contribution in [3.8, 4) is 0 Å². The Morgan fingerprint density at radius 1 is 1.37 bits per heavy atom. The molecule has 2 nitrogen and oxygen atoms in total. The number of hydrogen-bond donors (Lipinski definition) is 1. The first-order chi connectivity index (χ1) is 9.19. The molecule has 0 bridgehead atoms. The Kier molecular flexibility index (Phi) is 5.64. The molecule has 1 fully saturated rings. The summed E-state index contributed by atoms with van der Waals surface area (Å²) in [5.74, 6) is -0.169. The third-order valence-electron chi connectivity index (χ3n) is 3.65. The van der Waals surface area contributed by atoms with E-state index < -0.39 is 0 Å². The van der Waals surface area contributed by atoms with Crippen LogP contribution in [0.5, 0.6) is 0 Å². The van der Waals surface area contributed by atoms with Crippen molar-refractivity contribution < 1.29 is 4.39 Å². The number of anilines is 1. The number of hydrogen-bond acceptors (Lipinski definition) is 2. The van der Waals surface area contributed by atoms with Crippen molar-refractivity contribution in [1.29, 1.82) is 0 Å². The number of nitrogens with zero attached hydrogens (tertiary/aromatic N) is 1. The van der Waals surface area contributed by atoms with Gasteiger partial charge in [-0.1, -0.05) is 22.9 Å². The maximum atomic E-state index is 13.7. The average molecular weight is 329 g/mol. The number of benzene rings is 1. The molecule has 0 spiro atoms. The van der Waals surface area contributed by atoms with Gasteiger partial charge in [0.2, 0.25) is 0 Å². The molecule has 4 heteroatoms. The van der Waals surface area contributed by atoms with Gasteiger partial charge in [0.05, 0.1) is 5.69 Å². The fourth-order valence-corrected chi connectivity index (χ4v) is 3.03. The van der Waals surface area contributed by atoms with E-state index >= 15 is 0 Å². The summed E-state index contributed by atoms with van der Waals surface area (Å²) in [7, 11) is 0. The Hall–Kier alpha value is -0.610. The molecule has 2 rings (SSSR count). The lowest BCUT2D eigenvalue weighted by Crippen LogP contribution is -2.27. The monoisotopic (exact) mass is 328 g/mol. The predicted molar refractivity (Wildman–Crippen MR) is 82.1 cm³/mol. The second-order valence-corrected chi connectivity index (χ2v) is 6.15. The molecule has 0 aromatic heterocycles. The van der Waals surface area contributed by atoms with Crippen LogP contribution in [0.4, 0.5) is 10.1 Å². The summed E-state index contributed by atoms with van der Waals surface area (Å²) in [6.07, 6.45) is 4.60. The van der Waals surface area contributed by atoms with E-state index in [1.807, 2.05) is 6.07 Å². The summed E-state index contributed by atoms with van der Waals surface area (Å²) in [6, 6.07) is 5.44. The highest BCUT2D eigenvalue weighted by atomic mass is 79.9. The third kappa shape index (κ3) is 4.46. The van der Waals surface area contributed by atoms with E-state index in [1.54, 1.807) is 6.07 Å². The smallest absolute Gasteiger partial charge is 0.146 e. The molecule has 0 aliphatic carbocycles. The van der Waals surface area contributed by atoms with E-state index in [-0.39, 0.29) is 5.82 Å². The molecule has 0 saturated carbocycles. The Bertz CT molecular complexity index is 411. The molecule has 1 N–H and O–H groups in total. The van der Waals surface area contributed by atoms with Gasteiger partial charge >= 0.3 is 0 Å². The van der Waals surface area contributed by atoms with Crippen LogP contribution in [0.15, 0.2) is 22.7 Å². The Morgan fingerprint density at radius 3 is 3.00 bits per heavy atom. The number of rotatable bonds is 4. The van der Waals surface area contributed by atoms with E-state index in [0.717, 1.165) is 23.9 Å². The molecule has 0 radical (unpaired) electrons. The van der Waals surface area contributed by atoms with Gasteiger partial charge in [0.1, 0.15) is 5.82 Å². The van der Waals surface area contributed by atoms with Gasteiger partial charge in [-0.05, 0) is 57.0 Å². The van der Waals surface area contributed by atoms with Gasteiger partial charge in [-0.2, -0.15) is 0 Å². The van der Waals surface area contributed by atoms with Crippen LogP contribution in [-0.2, 0) is 0 Å². The van der Waals surface area contributed by atoms with Crippen LogP contribution < -0.4 is 5.32 Å². The van der Waals surface area contributed by atoms with Crippen LogP contribution in [0.25, 0.3) is 0 Å². The third-order valence-corrected chi connectivity index (χ3v) is 4.14. The van der Waals surface area contributed by atoms with Crippen LogP contribution in [0.2, 0.25) is 0 Å². The summed E-state index contributed by atoms with van der Waals surface area (Å²) < 4.78 is 14.6. The van der Waals surface area contributed by atoms with Crippen LogP contribution in [-0.4, -0.2) is 30.6 Å². The molecule has 1 unspecified atom stereocenters. The lowest BCUT2D eigenvalue weighted by Gasteiger charge is -2.20. The fraction of sp³-hybridized carbons (Fsp3) is 0.600. The molecule has 106 valence electrons. The lowest BCUT2D eigenvalue weighted by molar-refractivity contribution is 0.285. The molecular weight excluding hydrogens is 307 g/mol. The normalized spacial score (nSPS) is 21.1. The van der Waals surface area contributed by atoms with E-state index in [1.165, 1.54) is 32.0 Å². The minimum absolute atomic E-state index is 0.169. The number of nitrogens with one attached hydrogen (secondary N) is 1. The van der Waals surface area contributed by atoms with Crippen molar-refractivity contribution in [3.05, 3.63) is 28.5 Å². The van der Waals surface area contributed by atoms with Gasteiger partial charge in [0, 0.05) is 17.1 Å². The molecule has 1 heterocycles. The van der Waals surface area contributed by atoms with Crippen molar-refractivity contribution in [2.75, 3.05) is 25.0 Å². The highest BCUT2D eigenvalue weighted by Gasteiger charge is 2.17. The first-order valence-electron chi connectivity index (χ1n) is 7.13. The van der Waals surface area contributed by atoms with Crippen molar-refractivity contribution in [2.45, 2.75) is 38.6 Å². The van der Waals surface area contributed by atoms with Crippen molar-refractivity contribution in [3.63, 3.8) is 0 Å². The molecule has 0 amide bonds. The zero-order valence-corrected chi connectivity index (χ0v) is 13.0. The van der Waals surface area contributed by atoms with Crippen LogP contribution in [0.3, 0.4) is 0 Å². The first-order valence-corrected chi connectivity index (χ1v) is 7.92. The highest BCUT2D eigenvalue weighted by molar-refractivity contribution is 9.10. The maximum absolute atomic E-state index is 13.7. The van der Waals surface area contributed by atoms with Crippen molar-refractivity contribution in [2.24, 2.45) is 0 Å². The van der Waals surface area contributed by atoms with Gasteiger partial charge in [0.25, 0.3) is 0 Å². The molecule has 1 aliphatic rings. The van der Waals surface area contributed by atoms with Gasteiger partial charge < -0.3 is 10.2 Å². The molecule has 1 atom stereocenters. The molecule has 1 aromatic rings. The minimum Gasteiger partial charge on any atom is -0.380 e. The Morgan fingerprint density at radius 2 is 2.21 bits per heavy atom. The molecule has 1 saturated heterocycles. The topological polar surface area (TPSA) is 15.3 Å². The molecule has 19 heavy (non-hydrogen) atoms. The molecule has 1 aliphatic heterocycles. The predicted octanol–water partition coefficient (Wildman–Crippen LogP) is 4.26. The van der Waals surface area contributed by atoms with Crippen molar-refractivity contribution >= 4 is 21.6 Å². The summed E-state index contributed by atoms with van der Waals surface area (Å²) in [5, 5.41) is 3.36. The van der Waals surface area contributed by atoms with Gasteiger partial charge in [-0.25, -0.2) is 4.39 Å². The van der Waals surface area contributed by atoms with Crippen molar-refractivity contribution in [1.82, 2.24) is 4.90 Å². The zero-order valence-electron chi connectivity index (χ0n) is 11.5. The number of halogens is 2. The minimum atomic E-state index is -0.169. The summed E-state index contributed by atoms with van der Waals surface area (Å²) in [5.41, 5.74) is 0.614. The summed E-state index contributed by atoms with van der Waals surface area (Å²) >= 11 is 3.39. The van der Waals surface area contributed by atoms with Crippen LogP contribution >= 0.6 is 15.9 Å². The zero-order chi connectivity index (χ0) is 13.7. The quantitative estimate of drug-likeness (QED) is 0.888. The summed E-state index contributed by atoms with van der Waals surface area (Å²) in [4.78, 5) is 2.51. The van der Waals surface area contributed by atoms with E-state index in [4.69, 9.17) is 0 Å². The van der Waals surface area contributed by atoms with Crippen LogP contribution in [0.1, 0.15) is 32.6 Å². The largest absolute Gasteiger partial charge is 0.380 e. The Balaban J connectivity index is 1.94. The second-order valence-electron chi connectivity index (χ2n) is 5.24. The SMILES string of the molecule is CCCN1CCCC(Nc2cc(Br)ccc2F)CC1. The highest BCUT2D eigenvalue weighted by Crippen LogP contribution is 2.23. The second kappa shape index (κ2) is 7.25. The fourth-order valence-electron chi connectivity index (χ4n) is 2.67. The summed E-state index contributed by atoms with van der Waals surface area (Å²) in [6.45, 7) is 5.68. The molecular formula is C15H22BrFN2. The van der Waals surface area contributed by atoms with Gasteiger partial charge in [0.15, 0.2) is 0 Å². The van der Waals surface area contributed by atoms with Gasteiger partial charge in [-0.15, -0.1) is 0 Å². The first kappa shape index (κ1) is 14.8. The average Bonchev–Trinajstić information content (AvgIpc) is 2.60. The standard InChI is InChI=1S/C15H22BrFN2/c1-2-8-19-9-3-4-13(7-10-19)18-15-11-12(16)5-6-14(15)17/h5-6,11,13,18H,2-4,7-10H2,1H3. The van der Waals surface area contributed by atoms with E-state index in [9.17, 15) is 4.39 Å². The number of likely N-dealkylation sites (tertiary alicyclic amines) is 1. The van der Waals surface area contributed by atoms with Gasteiger partial charge in [-0.3, -0.25) is 0 Å². The lowest BCUT2D eigenvalue weighted by atomic mass is 10.1.